The number of methoxy groups -OCH3 is 1. The van der Waals surface area contributed by atoms with E-state index in [0.717, 1.165) is 4.47 Å². The van der Waals surface area contributed by atoms with Crippen LogP contribution in [0.5, 0.6) is 0 Å². The van der Waals surface area contributed by atoms with Gasteiger partial charge in [-0.25, -0.2) is 9.78 Å². The number of carbonyl (C=O) groups is 1. The van der Waals surface area contributed by atoms with Gasteiger partial charge in [-0.05, 0) is 34.8 Å². The van der Waals surface area contributed by atoms with E-state index in [0.29, 0.717) is 17.3 Å². The standard InChI is InChI=1S/C12H17BrN2O2/c1-7(2)8(3)15-11-10(12(16)17-4)5-9(13)6-14-11/h5-8H,1-4H3,(H,14,15). The first kappa shape index (κ1) is 14.0. The summed E-state index contributed by atoms with van der Waals surface area (Å²) < 4.78 is 5.48. The van der Waals surface area contributed by atoms with E-state index in [1.54, 1.807) is 12.3 Å². The van der Waals surface area contributed by atoms with Crippen molar-refractivity contribution in [2.45, 2.75) is 26.8 Å². The molecule has 0 bridgehead atoms. The molecule has 0 saturated carbocycles. The van der Waals surface area contributed by atoms with Crippen LogP contribution < -0.4 is 5.32 Å². The average Bonchev–Trinajstić information content (AvgIpc) is 2.30. The molecule has 0 aliphatic carbocycles. The van der Waals surface area contributed by atoms with Crippen LogP contribution in [-0.4, -0.2) is 24.1 Å². The maximum atomic E-state index is 11.6. The Balaban J connectivity index is 3.02. The first-order valence-electron chi connectivity index (χ1n) is 5.46. The van der Waals surface area contributed by atoms with Crippen molar-refractivity contribution < 1.29 is 9.53 Å². The molecule has 94 valence electrons. The fourth-order valence-electron chi connectivity index (χ4n) is 1.20. The molecular formula is C12H17BrN2O2. The van der Waals surface area contributed by atoms with Crippen molar-refractivity contribution in [3.63, 3.8) is 0 Å². The molecule has 1 heterocycles. The van der Waals surface area contributed by atoms with Gasteiger partial charge in [0.1, 0.15) is 11.4 Å². The number of ether oxygens (including phenoxy) is 1. The lowest BCUT2D eigenvalue weighted by Crippen LogP contribution is -2.23. The lowest BCUT2D eigenvalue weighted by molar-refractivity contribution is 0.0601. The molecule has 0 aromatic carbocycles. The SMILES string of the molecule is COC(=O)c1cc(Br)cnc1NC(C)C(C)C. The van der Waals surface area contributed by atoms with Crippen molar-refractivity contribution in [1.82, 2.24) is 4.98 Å². The van der Waals surface area contributed by atoms with E-state index in [1.165, 1.54) is 7.11 Å². The fourth-order valence-corrected chi connectivity index (χ4v) is 1.53. The van der Waals surface area contributed by atoms with Gasteiger partial charge in [-0.15, -0.1) is 0 Å². The fraction of sp³-hybridized carbons (Fsp3) is 0.500. The molecule has 1 rings (SSSR count). The molecule has 1 N–H and O–H groups in total. The topological polar surface area (TPSA) is 51.2 Å². The minimum Gasteiger partial charge on any atom is -0.465 e. The molecule has 1 aromatic rings. The third-order valence-corrected chi connectivity index (χ3v) is 3.06. The van der Waals surface area contributed by atoms with E-state index in [-0.39, 0.29) is 6.04 Å². The predicted octanol–water partition coefficient (Wildman–Crippen LogP) is 3.09. The maximum Gasteiger partial charge on any atom is 0.341 e. The van der Waals surface area contributed by atoms with Gasteiger partial charge in [0.25, 0.3) is 0 Å². The summed E-state index contributed by atoms with van der Waals surface area (Å²) in [6, 6.07) is 1.93. The smallest absolute Gasteiger partial charge is 0.341 e. The second-order valence-corrected chi connectivity index (χ2v) is 5.13. The zero-order valence-corrected chi connectivity index (χ0v) is 12.0. The predicted molar refractivity (Wildman–Crippen MR) is 71.2 cm³/mol. The first-order valence-corrected chi connectivity index (χ1v) is 6.25. The molecule has 0 saturated heterocycles. The highest BCUT2D eigenvalue weighted by Gasteiger charge is 2.16. The number of aromatic nitrogens is 1. The number of carbonyl (C=O) groups excluding carboxylic acids is 1. The second-order valence-electron chi connectivity index (χ2n) is 4.22. The molecule has 4 nitrogen and oxygen atoms in total. The van der Waals surface area contributed by atoms with Gasteiger partial charge in [-0.1, -0.05) is 13.8 Å². The molecule has 0 spiro atoms. The summed E-state index contributed by atoms with van der Waals surface area (Å²) in [6.07, 6.45) is 1.65. The summed E-state index contributed by atoms with van der Waals surface area (Å²) in [6.45, 7) is 6.26. The van der Waals surface area contributed by atoms with Crippen molar-refractivity contribution >= 4 is 27.7 Å². The van der Waals surface area contributed by atoms with Crippen molar-refractivity contribution in [2.75, 3.05) is 12.4 Å². The highest BCUT2D eigenvalue weighted by atomic mass is 79.9. The van der Waals surface area contributed by atoms with E-state index in [1.807, 2.05) is 0 Å². The van der Waals surface area contributed by atoms with Crippen molar-refractivity contribution in [2.24, 2.45) is 5.92 Å². The number of nitrogens with zero attached hydrogens (tertiary/aromatic N) is 1. The zero-order valence-electron chi connectivity index (χ0n) is 10.5. The van der Waals surface area contributed by atoms with Gasteiger partial charge in [0, 0.05) is 16.7 Å². The quantitative estimate of drug-likeness (QED) is 0.868. The number of anilines is 1. The number of halogens is 1. The van der Waals surface area contributed by atoms with Crippen LogP contribution in [0.1, 0.15) is 31.1 Å². The largest absolute Gasteiger partial charge is 0.465 e. The van der Waals surface area contributed by atoms with Crippen molar-refractivity contribution in [3.8, 4) is 0 Å². The summed E-state index contributed by atoms with van der Waals surface area (Å²) in [5, 5.41) is 3.22. The van der Waals surface area contributed by atoms with Crippen LogP contribution in [0.4, 0.5) is 5.82 Å². The molecule has 1 aromatic heterocycles. The van der Waals surface area contributed by atoms with E-state index < -0.39 is 5.97 Å². The normalized spacial score (nSPS) is 12.4. The lowest BCUT2D eigenvalue weighted by Gasteiger charge is -2.19. The Kier molecular flexibility index (Phi) is 4.93. The minimum atomic E-state index is -0.391. The molecule has 0 amide bonds. The Morgan fingerprint density at radius 3 is 2.65 bits per heavy atom. The summed E-state index contributed by atoms with van der Waals surface area (Å²) >= 11 is 3.29. The Bertz CT molecular complexity index is 407. The van der Waals surface area contributed by atoms with Gasteiger partial charge in [0.05, 0.1) is 7.11 Å². The number of nitrogens with one attached hydrogen (secondary N) is 1. The molecule has 5 heteroatoms. The Hall–Kier alpha value is -1.10. The summed E-state index contributed by atoms with van der Waals surface area (Å²) in [5.74, 6) is 0.615. The molecular weight excluding hydrogens is 284 g/mol. The lowest BCUT2D eigenvalue weighted by atomic mass is 10.1. The third kappa shape index (κ3) is 3.70. The Morgan fingerprint density at radius 1 is 1.47 bits per heavy atom. The van der Waals surface area contributed by atoms with Crippen LogP contribution in [0.15, 0.2) is 16.7 Å². The number of rotatable bonds is 4. The third-order valence-electron chi connectivity index (χ3n) is 2.62. The summed E-state index contributed by atoms with van der Waals surface area (Å²) in [5.41, 5.74) is 0.439. The summed E-state index contributed by atoms with van der Waals surface area (Å²) in [4.78, 5) is 15.8. The molecule has 0 aliphatic heterocycles. The minimum absolute atomic E-state index is 0.229. The van der Waals surface area contributed by atoms with Gasteiger partial charge in [0.2, 0.25) is 0 Å². The summed E-state index contributed by atoms with van der Waals surface area (Å²) in [7, 11) is 1.36. The first-order chi connectivity index (χ1) is 7.95. The number of hydrogen-bond donors (Lipinski definition) is 1. The molecule has 17 heavy (non-hydrogen) atoms. The molecule has 1 unspecified atom stereocenters. The highest BCUT2D eigenvalue weighted by molar-refractivity contribution is 9.10. The van der Waals surface area contributed by atoms with Gasteiger partial charge in [0.15, 0.2) is 0 Å². The van der Waals surface area contributed by atoms with Gasteiger partial charge < -0.3 is 10.1 Å². The van der Waals surface area contributed by atoms with Crippen molar-refractivity contribution in [1.29, 1.82) is 0 Å². The van der Waals surface area contributed by atoms with E-state index >= 15 is 0 Å². The van der Waals surface area contributed by atoms with Crippen LogP contribution >= 0.6 is 15.9 Å². The van der Waals surface area contributed by atoms with Crippen LogP contribution in [0.3, 0.4) is 0 Å². The van der Waals surface area contributed by atoms with Gasteiger partial charge in [-0.3, -0.25) is 0 Å². The monoisotopic (exact) mass is 300 g/mol. The van der Waals surface area contributed by atoms with E-state index in [2.05, 4.69) is 47.0 Å². The van der Waals surface area contributed by atoms with Crippen LogP contribution in [0.25, 0.3) is 0 Å². The Morgan fingerprint density at radius 2 is 2.12 bits per heavy atom. The Labute approximate surface area is 110 Å². The zero-order chi connectivity index (χ0) is 13.0. The number of pyridine rings is 1. The maximum absolute atomic E-state index is 11.6. The molecule has 0 radical (unpaired) electrons. The second kappa shape index (κ2) is 6.00. The van der Waals surface area contributed by atoms with Crippen LogP contribution in [-0.2, 0) is 4.74 Å². The van der Waals surface area contributed by atoms with E-state index in [4.69, 9.17) is 4.74 Å². The number of esters is 1. The number of hydrogen-bond acceptors (Lipinski definition) is 4. The molecule has 0 fully saturated rings. The van der Waals surface area contributed by atoms with Crippen molar-refractivity contribution in [3.05, 3.63) is 22.3 Å². The van der Waals surface area contributed by atoms with E-state index in [9.17, 15) is 4.79 Å². The molecule has 0 aliphatic rings. The average molecular weight is 301 g/mol. The highest BCUT2D eigenvalue weighted by Crippen LogP contribution is 2.20. The van der Waals surface area contributed by atoms with Crippen LogP contribution in [0, 0.1) is 5.92 Å². The molecule has 1 atom stereocenters. The van der Waals surface area contributed by atoms with Gasteiger partial charge in [-0.2, -0.15) is 0 Å². The van der Waals surface area contributed by atoms with Crippen LogP contribution in [0.2, 0.25) is 0 Å². The van der Waals surface area contributed by atoms with Gasteiger partial charge >= 0.3 is 5.97 Å².